The molecule has 1 heterocycles. The minimum Gasteiger partial charge on any atom is -0.493 e. The van der Waals surface area contributed by atoms with Gasteiger partial charge < -0.3 is 21.2 Å². The molecule has 0 aromatic heterocycles. The van der Waals surface area contributed by atoms with E-state index in [-0.39, 0.29) is 24.5 Å². The zero-order valence-corrected chi connectivity index (χ0v) is 18.3. The standard InChI is InChI=1S/C25H28F2N4O2/c26-25(27)10-22(25)16-33-23-6-5-20-15-31(8-7-19(20)9-23)14-18-3-1-17(2-4-18)13-30-24(32)21(11-28)12-29/h1-6,9,11-12,22,28H,7-8,10,13-16,29H2,(H,30,32)/b21-12+,28-11?. The molecule has 4 N–H and O–H groups in total. The van der Waals surface area contributed by atoms with Crippen LogP contribution in [0.25, 0.3) is 0 Å². The van der Waals surface area contributed by atoms with Crippen LogP contribution in [0.5, 0.6) is 5.75 Å². The number of hydrogen-bond donors (Lipinski definition) is 3. The average Bonchev–Trinajstić information content (AvgIpc) is 3.44. The minimum absolute atomic E-state index is 0.0696. The van der Waals surface area contributed by atoms with Gasteiger partial charge in [-0.3, -0.25) is 9.69 Å². The van der Waals surface area contributed by atoms with Crippen LogP contribution < -0.4 is 15.8 Å². The molecule has 1 saturated carbocycles. The van der Waals surface area contributed by atoms with Crippen LogP contribution >= 0.6 is 0 Å². The van der Waals surface area contributed by atoms with Crippen molar-refractivity contribution in [3.63, 3.8) is 0 Å². The zero-order valence-electron chi connectivity index (χ0n) is 18.3. The molecule has 4 rings (SSSR count). The molecular formula is C25H28F2N4O2. The van der Waals surface area contributed by atoms with Gasteiger partial charge in [0.2, 0.25) is 0 Å². The summed E-state index contributed by atoms with van der Waals surface area (Å²) >= 11 is 0. The molecule has 0 radical (unpaired) electrons. The Morgan fingerprint density at radius 2 is 1.94 bits per heavy atom. The predicted molar refractivity (Wildman–Crippen MR) is 122 cm³/mol. The average molecular weight is 455 g/mol. The third-order valence-corrected chi connectivity index (χ3v) is 6.16. The van der Waals surface area contributed by atoms with Crippen molar-refractivity contribution in [3.8, 4) is 5.75 Å². The van der Waals surface area contributed by atoms with Gasteiger partial charge in [0, 0.05) is 45.0 Å². The maximum atomic E-state index is 13.0. The summed E-state index contributed by atoms with van der Waals surface area (Å²) in [6.07, 6.45) is 2.86. The Kier molecular flexibility index (Phi) is 6.74. The Labute approximate surface area is 191 Å². The van der Waals surface area contributed by atoms with Crippen molar-refractivity contribution in [1.29, 1.82) is 5.41 Å². The highest BCUT2D eigenvalue weighted by Crippen LogP contribution is 2.48. The van der Waals surface area contributed by atoms with Gasteiger partial charge in [-0.05, 0) is 40.8 Å². The van der Waals surface area contributed by atoms with Gasteiger partial charge in [0.1, 0.15) is 5.75 Å². The number of fused-ring (bicyclic) bond motifs is 1. The van der Waals surface area contributed by atoms with Gasteiger partial charge in [0.25, 0.3) is 11.8 Å². The maximum Gasteiger partial charge on any atom is 0.255 e. The summed E-state index contributed by atoms with van der Waals surface area (Å²) in [6.45, 7) is 2.99. The summed E-state index contributed by atoms with van der Waals surface area (Å²) < 4.78 is 31.6. The smallest absolute Gasteiger partial charge is 0.255 e. The van der Waals surface area contributed by atoms with Crippen molar-refractivity contribution in [1.82, 2.24) is 10.2 Å². The largest absolute Gasteiger partial charge is 0.493 e. The molecule has 8 heteroatoms. The third kappa shape index (κ3) is 5.76. The Morgan fingerprint density at radius 3 is 2.61 bits per heavy atom. The summed E-state index contributed by atoms with van der Waals surface area (Å²) in [5.41, 5.74) is 10.0. The van der Waals surface area contributed by atoms with Crippen LogP contribution in [0, 0.1) is 11.3 Å². The van der Waals surface area contributed by atoms with E-state index in [1.165, 1.54) is 16.7 Å². The number of nitrogens with two attached hydrogens (primary N) is 1. The maximum absolute atomic E-state index is 13.0. The van der Waals surface area contributed by atoms with E-state index in [1.807, 2.05) is 30.3 Å². The fraction of sp³-hybridized carbons (Fsp3) is 0.360. The summed E-state index contributed by atoms with van der Waals surface area (Å²) in [5, 5.41) is 9.90. The van der Waals surface area contributed by atoms with Crippen LogP contribution in [-0.2, 0) is 30.8 Å². The second-order valence-corrected chi connectivity index (χ2v) is 8.63. The SMILES string of the molecule is N=C/C(=C\N)C(=O)NCc1ccc(CN2CCc3cc(OCC4CC4(F)F)ccc3C2)cc1. The summed E-state index contributed by atoms with van der Waals surface area (Å²) in [5.74, 6) is -2.90. The van der Waals surface area contributed by atoms with E-state index in [2.05, 4.69) is 22.3 Å². The van der Waals surface area contributed by atoms with Crippen molar-refractivity contribution in [3.05, 3.63) is 76.5 Å². The second-order valence-electron chi connectivity index (χ2n) is 8.63. The van der Waals surface area contributed by atoms with Crippen LogP contribution in [0.15, 0.2) is 54.2 Å². The molecule has 0 bridgehead atoms. The van der Waals surface area contributed by atoms with Gasteiger partial charge in [-0.1, -0.05) is 30.3 Å². The van der Waals surface area contributed by atoms with Crippen LogP contribution in [0.4, 0.5) is 8.78 Å². The Bertz CT molecular complexity index is 1050. The highest BCUT2D eigenvalue weighted by Gasteiger charge is 2.57. The lowest BCUT2D eigenvalue weighted by Crippen LogP contribution is -2.30. The number of nitrogens with one attached hydrogen (secondary N) is 2. The molecule has 1 atom stereocenters. The van der Waals surface area contributed by atoms with Gasteiger partial charge >= 0.3 is 0 Å². The van der Waals surface area contributed by atoms with Crippen LogP contribution in [0.3, 0.4) is 0 Å². The van der Waals surface area contributed by atoms with Gasteiger partial charge in [0.05, 0.1) is 18.1 Å². The molecule has 174 valence electrons. The number of alkyl halides is 2. The van der Waals surface area contributed by atoms with Crippen molar-refractivity contribution in [2.45, 2.75) is 38.4 Å². The first-order valence-corrected chi connectivity index (χ1v) is 11.0. The Balaban J connectivity index is 1.27. The lowest BCUT2D eigenvalue weighted by atomic mass is 9.99. The number of carbonyl (C=O) groups excluding carboxylic acids is 1. The van der Waals surface area contributed by atoms with Crippen LogP contribution in [0.1, 0.15) is 28.7 Å². The normalized spacial score (nSPS) is 19.5. The van der Waals surface area contributed by atoms with Crippen LogP contribution in [-0.4, -0.2) is 36.1 Å². The molecule has 1 aliphatic heterocycles. The van der Waals surface area contributed by atoms with E-state index in [4.69, 9.17) is 15.9 Å². The number of carbonyl (C=O) groups is 1. The molecule has 1 unspecified atom stereocenters. The monoisotopic (exact) mass is 454 g/mol. The first kappa shape index (κ1) is 22.9. The molecule has 0 saturated heterocycles. The topological polar surface area (TPSA) is 91.4 Å². The molecule has 33 heavy (non-hydrogen) atoms. The van der Waals surface area contributed by atoms with Gasteiger partial charge in [0.15, 0.2) is 0 Å². The first-order valence-electron chi connectivity index (χ1n) is 11.0. The minimum atomic E-state index is -2.55. The molecule has 2 aromatic rings. The fourth-order valence-electron chi connectivity index (χ4n) is 3.95. The van der Waals surface area contributed by atoms with Crippen molar-refractivity contribution in [2.75, 3.05) is 13.2 Å². The fourth-order valence-corrected chi connectivity index (χ4v) is 3.95. The summed E-state index contributed by atoms with van der Waals surface area (Å²) in [7, 11) is 0. The number of nitrogens with zero attached hydrogens (tertiary/aromatic N) is 1. The number of hydrogen-bond acceptors (Lipinski definition) is 5. The number of halogens is 2. The van der Waals surface area contributed by atoms with Crippen molar-refractivity contribution >= 4 is 12.1 Å². The van der Waals surface area contributed by atoms with Crippen molar-refractivity contribution < 1.29 is 18.3 Å². The predicted octanol–water partition coefficient (Wildman–Crippen LogP) is 3.39. The van der Waals surface area contributed by atoms with Gasteiger partial charge in [-0.2, -0.15) is 0 Å². The Hall–Kier alpha value is -3.26. The quantitative estimate of drug-likeness (QED) is 0.400. The van der Waals surface area contributed by atoms with Crippen LogP contribution in [0.2, 0.25) is 0 Å². The summed E-state index contributed by atoms with van der Waals surface area (Å²) in [4.78, 5) is 14.2. The number of benzene rings is 2. The number of rotatable bonds is 9. The molecule has 0 spiro atoms. The molecule has 2 aromatic carbocycles. The second kappa shape index (κ2) is 9.70. The summed E-state index contributed by atoms with van der Waals surface area (Å²) in [6, 6.07) is 14.0. The van der Waals surface area contributed by atoms with E-state index in [9.17, 15) is 13.6 Å². The first-order chi connectivity index (χ1) is 15.9. The highest BCUT2D eigenvalue weighted by atomic mass is 19.3. The van der Waals surface area contributed by atoms with Gasteiger partial charge in [-0.15, -0.1) is 0 Å². The molecule has 1 fully saturated rings. The molecule has 6 nitrogen and oxygen atoms in total. The molecule has 1 aliphatic carbocycles. The lowest BCUT2D eigenvalue weighted by molar-refractivity contribution is -0.117. The van der Waals surface area contributed by atoms with E-state index < -0.39 is 11.8 Å². The molecule has 1 amide bonds. The third-order valence-electron chi connectivity index (χ3n) is 6.16. The van der Waals surface area contributed by atoms with Crippen molar-refractivity contribution in [2.24, 2.45) is 11.7 Å². The number of amides is 1. The Morgan fingerprint density at radius 1 is 1.21 bits per heavy atom. The molecule has 2 aliphatic rings. The van der Waals surface area contributed by atoms with Gasteiger partial charge in [-0.25, -0.2) is 8.78 Å². The molecular weight excluding hydrogens is 426 g/mol. The number of ether oxygens (including phenoxy) is 1. The lowest BCUT2D eigenvalue weighted by Gasteiger charge is -2.29. The van der Waals surface area contributed by atoms with E-state index >= 15 is 0 Å². The van der Waals surface area contributed by atoms with E-state index in [0.717, 1.165) is 44.0 Å². The zero-order chi connectivity index (χ0) is 23.4. The van der Waals surface area contributed by atoms with E-state index in [1.54, 1.807) is 0 Å². The highest BCUT2D eigenvalue weighted by molar-refractivity contribution is 6.11. The van der Waals surface area contributed by atoms with E-state index in [0.29, 0.717) is 12.3 Å².